The molecular formula is C20H23N5O3. The van der Waals surface area contributed by atoms with Gasteiger partial charge in [0, 0.05) is 36.5 Å². The number of anilines is 1. The van der Waals surface area contributed by atoms with Crippen molar-refractivity contribution in [1.82, 2.24) is 20.2 Å². The van der Waals surface area contributed by atoms with E-state index in [0.717, 1.165) is 30.6 Å². The number of urea groups is 1. The minimum Gasteiger partial charge on any atom is -0.460 e. The first-order valence-corrected chi connectivity index (χ1v) is 9.53. The van der Waals surface area contributed by atoms with Crippen molar-refractivity contribution in [2.75, 3.05) is 25.0 Å². The third-order valence-electron chi connectivity index (χ3n) is 5.10. The minimum atomic E-state index is -0.348. The number of amides is 2. The maximum atomic E-state index is 12.5. The van der Waals surface area contributed by atoms with Crippen LogP contribution in [0.25, 0.3) is 0 Å². The maximum absolute atomic E-state index is 12.5. The molecule has 1 unspecified atom stereocenters. The molecule has 1 atom stereocenters. The molecule has 0 spiro atoms. The van der Waals surface area contributed by atoms with Crippen molar-refractivity contribution in [3.05, 3.63) is 53.6 Å². The summed E-state index contributed by atoms with van der Waals surface area (Å²) in [6, 6.07) is 6.82. The van der Waals surface area contributed by atoms with Crippen LogP contribution in [0, 0.1) is 0 Å². The molecule has 3 heterocycles. The van der Waals surface area contributed by atoms with Crippen LogP contribution in [0.5, 0.6) is 0 Å². The van der Waals surface area contributed by atoms with Crippen LogP contribution in [0.2, 0.25) is 0 Å². The number of hydrogen-bond acceptors (Lipinski definition) is 6. The Morgan fingerprint density at radius 3 is 2.93 bits per heavy atom. The van der Waals surface area contributed by atoms with Crippen LogP contribution in [-0.4, -0.2) is 52.6 Å². The summed E-state index contributed by atoms with van der Waals surface area (Å²) in [6.45, 7) is 2.46. The first kappa shape index (κ1) is 18.4. The lowest BCUT2D eigenvalue weighted by atomic mass is 10.1. The van der Waals surface area contributed by atoms with Gasteiger partial charge in [-0.05, 0) is 43.7 Å². The van der Waals surface area contributed by atoms with Crippen LogP contribution in [0.4, 0.5) is 10.5 Å². The van der Waals surface area contributed by atoms with Gasteiger partial charge >= 0.3 is 12.0 Å². The zero-order chi connectivity index (χ0) is 19.3. The summed E-state index contributed by atoms with van der Waals surface area (Å²) in [6.07, 6.45) is 6.15. The number of rotatable bonds is 4. The second-order valence-electron chi connectivity index (χ2n) is 7.07. The molecule has 1 saturated heterocycles. The predicted molar refractivity (Wildman–Crippen MR) is 103 cm³/mol. The van der Waals surface area contributed by atoms with E-state index in [1.807, 2.05) is 0 Å². The van der Waals surface area contributed by atoms with E-state index in [1.165, 1.54) is 6.33 Å². The van der Waals surface area contributed by atoms with Gasteiger partial charge in [-0.25, -0.2) is 19.6 Å². The van der Waals surface area contributed by atoms with Gasteiger partial charge in [0.2, 0.25) is 0 Å². The van der Waals surface area contributed by atoms with Crippen LogP contribution in [0.15, 0.2) is 36.8 Å². The van der Waals surface area contributed by atoms with Gasteiger partial charge < -0.3 is 20.3 Å². The second kappa shape index (κ2) is 8.35. The Balaban J connectivity index is 1.30. The minimum absolute atomic E-state index is 0.183. The normalized spacial score (nSPS) is 18.4. The molecule has 2 aliphatic rings. The Morgan fingerprint density at radius 1 is 1.29 bits per heavy atom. The van der Waals surface area contributed by atoms with Gasteiger partial charge in [0.05, 0.1) is 17.8 Å². The highest BCUT2D eigenvalue weighted by Gasteiger charge is 2.22. The Kier molecular flexibility index (Phi) is 5.48. The van der Waals surface area contributed by atoms with E-state index >= 15 is 0 Å². The topological polar surface area (TPSA) is 96.5 Å². The molecule has 28 heavy (non-hydrogen) atoms. The Labute approximate surface area is 163 Å². The molecule has 8 heteroatoms. The van der Waals surface area contributed by atoms with Crippen molar-refractivity contribution < 1.29 is 14.3 Å². The van der Waals surface area contributed by atoms with E-state index in [2.05, 4.69) is 20.6 Å². The first-order valence-electron chi connectivity index (χ1n) is 9.53. The zero-order valence-corrected chi connectivity index (χ0v) is 15.6. The third kappa shape index (κ3) is 4.28. The highest BCUT2D eigenvalue weighted by Crippen LogP contribution is 2.18. The molecule has 1 aromatic heterocycles. The number of fused-ring (bicyclic) bond motifs is 1. The molecule has 8 nitrogen and oxygen atoms in total. The van der Waals surface area contributed by atoms with Crippen molar-refractivity contribution >= 4 is 17.7 Å². The van der Waals surface area contributed by atoms with Gasteiger partial charge in [0.1, 0.15) is 12.9 Å². The summed E-state index contributed by atoms with van der Waals surface area (Å²) in [5.41, 5.74) is 3.07. The van der Waals surface area contributed by atoms with Gasteiger partial charge in [-0.2, -0.15) is 0 Å². The lowest BCUT2D eigenvalue weighted by Crippen LogP contribution is -2.39. The van der Waals surface area contributed by atoms with Crippen molar-refractivity contribution in [3.63, 3.8) is 0 Å². The number of hydrogen-bond donors (Lipinski definition) is 2. The summed E-state index contributed by atoms with van der Waals surface area (Å²) < 4.78 is 5.35. The summed E-state index contributed by atoms with van der Waals surface area (Å²) in [4.78, 5) is 34.7. The molecule has 4 rings (SSSR count). The number of nitrogens with one attached hydrogen (secondary N) is 2. The van der Waals surface area contributed by atoms with Crippen LogP contribution >= 0.6 is 0 Å². The quantitative estimate of drug-likeness (QED) is 0.786. The molecule has 2 amide bonds. The van der Waals surface area contributed by atoms with Crippen LogP contribution < -0.4 is 10.6 Å². The highest BCUT2D eigenvalue weighted by molar-refractivity contribution is 5.92. The summed E-state index contributed by atoms with van der Waals surface area (Å²) in [5, 5.41) is 6.16. The molecule has 0 aliphatic carbocycles. The van der Waals surface area contributed by atoms with Crippen LogP contribution in [-0.2, 0) is 17.7 Å². The number of aromatic nitrogens is 2. The Bertz CT molecular complexity index is 849. The van der Waals surface area contributed by atoms with Gasteiger partial charge in [0.15, 0.2) is 0 Å². The molecule has 0 radical (unpaired) electrons. The molecule has 2 aromatic rings. The number of carbonyl (C=O) groups is 2. The molecule has 1 aromatic carbocycles. The van der Waals surface area contributed by atoms with Gasteiger partial charge in [0.25, 0.3) is 0 Å². The van der Waals surface area contributed by atoms with E-state index in [9.17, 15) is 9.59 Å². The smallest absolute Gasteiger partial charge is 0.338 e. The summed E-state index contributed by atoms with van der Waals surface area (Å²) >= 11 is 0. The number of esters is 1. The van der Waals surface area contributed by atoms with E-state index in [-0.39, 0.29) is 18.0 Å². The van der Waals surface area contributed by atoms with Gasteiger partial charge in [-0.3, -0.25) is 0 Å². The second-order valence-corrected chi connectivity index (χ2v) is 7.07. The number of carbonyl (C=O) groups excluding carboxylic acids is 2. The van der Waals surface area contributed by atoms with Crippen LogP contribution in [0.1, 0.15) is 34.5 Å². The Hall–Kier alpha value is -3.00. The van der Waals surface area contributed by atoms with Gasteiger partial charge in [-0.1, -0.05) is 0 Å². The molecule has 2 N–H and O–H groups in total. The van der Waals surface area contributed by atoms with Crippen LogP contribution in [0.3, 0.4) is 0 Å². The third-order valence-corrected chi connectivity index (χ3v) is 5.10. The highest BCUT2D eigenvalue weighted by atomic mass is 16.5. The van der Waals surface area contributed by atoms with E-state index in [0.29, 0.717) is 37.4 Å². The molecule has 2 aliphatic heterocycles. The SMILES string of the molecule is O=C(OCC1CCCN1)c1ccc(NC(=O)N2CCc3ncncc3C2)cc1. The number of benzene rings is 1. The van der Waals surface area contributed by atoms with Crippen molar-refractivity contribution in [3.8, 4) is 0 Å². The monoisotopic (exact) mass is 381 g/mol. The fourth-order valence-electron chi connectivity index (χ4n) is 3.49. The zero-order valence-electron chi connectivity index (χ0n) is 15.6. The largest absolute Gasteiger partial charge is 0.460 e. The molecule has 0 bridgehead atoms. The maximum Gasteiger partial charge on any atom is 0.338 e. The lowest BCUT2D eigenvalue weighted by molar-refractivity contribution is 0.0473. The fourth-order valence-corrected chi connectivity index (χ4v) is 3.49. The van der Waals surface area contributed by atoms with E-state index in [4.69, 9.17) is 4.74 Å². The standard InChI is InChI=1S/C20H23N5O3/c26-19(28-12-17-2-1-8-22-17)14-3-5-16(6-4-14)24-20(27)25-9-7-18-15(11-25)10-21-13-23-18/h3-6,10,13,17,22H,1-2,7-9,11-12H2,(H,24,27). The summed E-state index contributed by atoms with van der Waals surface area (Å²) in [7, 11) is 0. The lowest BCUT2D eigenvalue weighted by Gasteiger charge is -2.27. The molecule has 1 fully saturated rings. The number of nitrogens with zero attached hydrogens (tertiary/aromatic N) is 3. The van der Waals surface area contributed by atoms with Crippen molar-refractivity contribution in [2.45, 2.75) is 31.8 Å². The first-order chi connectivity index (χ1) is 13.7. The Morgan fingerprint density at radius 2 is 2.14 bits per heavy atom. The van der Waals surface area contributed by atoms with E-state index < -0.39 is 0 Å². The van der Waals surface area contributed by atoms with Crippen molar-refractivity contribution in [2.24, 2.45) is 0 Å². The van der Waals surface area contributed by atoms with E-state index in [1.54, 1.807) is 35.4 Å². The predicted octanol–water partition coefficient (Wildman–Crippen LogP) is 1.98. The summed E-state index contributed by atoms with van der Waals surface area (Å²) in [5.74, 6) is -0.348. The fraction of sp³-hybridized carbons (Fsp3) is 0.400. The van der Waals surface area contributed by atoms with Crippen molar-refractivity contribution in [1.29, 1.82) is 0 Å². The molecule has 0 saturated carbocycles. The molecular weight excluding hydrogens is 358 g/mol. The average Bonchev–Trinajstić information content (AvgIpc) is 3.26. The number of ether oxygens (including phenoxy) is 1. The van der Waals surface area contributed by atoms with Gasteiger partial charge in [-0.15, -0.1) is 0 Å². The molecule has 146 valence electrons. The average molecular weight is 381 g/mol.